The molecule has 6 nitrogen and oxygen atoms in total. The van der Waals surface area contributed by atoms with Gasteiger partial charge in [0.05, 0.1) is 11.4 Å². The van der Waals surface area contributed by atoms with Gasteiger partial charge in [-0.05, 0) is 30.8 Å². The normalized spacial score (nSPS) is 15.6. The average Bonchev–Trinajstić information content (AvgIpc) is 3.35. The predicted octanol–water partition coefficient (Wildman–Crippen LogP) is 3.86. The smallest absolute Gasteiger partial charge is 0.232 e. The van der Waals surface area contributed by atoms with Crippen molar-refractivity contribution in [2.24, 2.45) is 7.05 Å². The molecule has 1 amide bonds. The number of hydrogen-bond donors (Lipinski definition) is 1. The van der Waals surface area contributed by atoms with Crippen molar-refractivity contribution in [3.63, 3.8) is 0 Å². The maximum absolute atomic E-state index is 14.5. The van der Waals surface area contributed by atoms with Gasteiger partial charge in [0.1, 0.15) is 17.1 Å². The van der Waals surface area contributed by atoms with E-state index >= 15 is 0 Å². The van der Waals surface area contributed by atoms with Crippen LogP contribution >= 0.6 is 35.2 Å². The molecule has 0 bridgehead atoms. The summed E-state index contributed by atoms with van der Waals surface area (Å²) in [7, 11) is 1.77. The number of carbonyl (C=O) groups is 1. The molecule has 3 heterocycles. The third-order valence-corrected chi connectivity index (χ3v) is 6.24. The van der Waals surface area contributed by atoms with E-state index in [1.54, 1.807) is 11.6 Å². The summed E-state index contributed by atoms with van der Waals surface area (Å²) < 4.78 is 32.8. The molecule has 1 aliphatic rings. The molecule has 11 heteroatoms. The number of imidazole rings is 1. The van der Waals surface area contributed by atoms with Gasteiger partial charge < -0.3 is 14.5 Å². The summed E-state index contributed by atoms with van der Waals surface area (Å²) in [5.74, 6) is -2.09. The summed E-state index contributed by atoms with van der Waals surface area (Å²) in [5.41, 5.74) is 2.98. The molecule has 146 valence electrons. The fourth-order valence-electron chi connectivity index (χ4n) is 3.57. The Bertz CT molecular complexity index is 1130. The van der Waals surface area contributed by atoms with E-state index in [0.717, 1.165) is 5.69 Å². The lowest BCUT2D eigenvalue weighted by Gasteiger charge is -2.14. The van der Waals surface area contributed by atoms with Gasteiger partial charge in [0, 0.05) is 36.5 Å². The number of anilines is 1. The third kappa shape index (κ3) is 3.25. The summed E-state index contributed by atoms with van der Waals surface area (Å²) in [6.07, 6.45) is 0.426. The van der Waals surface area contributed by atoms with Gasteiger partial charge in [-0.25, -0.2) is 8.78 Å². The van der Waals surface area contributed by atoms with Crippen LogP contribution in [0.15, 0.2) is 17.6 Å². The van der Waals surface area contributed by atoms with Gasteiger partial charge in [0.2, 0.25) is 11.0 Å². The van der Waals surface area contributed by atoms with Crippen molar-refractivity contribution in [1.29, 1.82) is 0 Å². The SMILES string of the molecule is Cn1c(CC(=O)Nc2nncs2)c2n(c1=S)CC(c1c(F)ccc(Cl)c1F)C2. The van der Waals surface area contributed by atoms with Crippen LogP contribution in [0.2, 0.25) is 5.02 Å². The van der Waals surface area contributed by atoms with Crippen molar-refractivity contribution in [2.75, 3.05) is 5.32 Å². The van der Waals surface area contributed by atoms with E-state index in [4.69, 9.17) is 23.8 Å². The molecule has 0 saturated heterocycles. The third-order valence-electron chi connectivity index (χ3n) is 4.85. The maximum Gasteiger partial charge on any atom is 0.232 e. The van der Waals surface area contributed by atoms with Crippen molar-refractivity contribution in [1.82, 2.24) is 19.3 Å². The first-order valence-corrected chi connectivity index (χ1v) is 10.00. The van der Waals surface area contributed by atoms with Crippen LogP contribution in [-0.4, -0.2) is 25.2 Å². The molecular formula is C17H14ClF2N5OS2. The molecule has 3 aromatic rings. The Morgan fingerprint density at radius 2 is 2.25 bits per heavy atom. The number of carbonyl (C=O) groups excluding carboxylic acids is 1. The van der Waals surface area contributed by atoms with Crippen LogP contribution in [0.25, 0.3) is 0 Å². The maximum atomic E-state index is 14.5. The summed E-state index contributed by atoms with van der Waals surface area (Å²) in [5, 5.41) is 10.4. The first-order valence-electron chi connectivity index (χ1n) is 8.33. The van der Waals surface area contributed by atoms with Gasteiger partial charge in [0.25, 0.3) is 0 Å². The molecular weight excluding hydrogens is 428 g/mol. The van der Waals surface area contributed by atoms with Crippen LogP contribution in [0.3, 0.4) is 0 Å². The predicted molar refractivity (Wildman–Crippen MR) is 104 cm³/mol. The van der Waals surface area contributed by atoms with Crippen LogP contribution in [0.5, 0.6) is 0 Å². The second-order valence-corrected chi connectivity index (χ2v) is 8.08. The number of amides is 1. The summed E-state index contributed by atoms with van der Waals surface area (Å²) in [4.78, 5) is 12.4. The molecule has 0 fully saturated rings. The molecule has 1 N–H and O–H groups in total. The van der Waals surface area contributed by atoms with Crippen LogP contribution in [0.1, 0.15) is 22.9 Å². The minimum Gasteiger partial charge on any atom is -0.323 e. The van der Waals surface area contributed by atoms with Gasteiger partial charge >= 0.3 is 0 Å². The number of aromatic nitrogens is 4. The van der Waals surface area contributed by atoms with Crippen LogP contribution < -0.4 is 5.32 Å². The standard InChI is InChI=1S/C17H14ClF2N5OS2/c1-24-11(5-13(26)22-16-23-21-7-28-16)12-4-8(6-25(12)17(24)27)14-10(19)3-2-9(18)15(14)20/h2-3,7-8H,4-6H2,1H3,(H,22,23,26). The number of fused-ring (bicyclic) bond motifs is 1. The molecule has 0 aliphatic carbocycles. The number of halogens is 3. The first kappa shape index (κ1) is 19.2. The zero-order chi connectivity index (χ0) is 20.0. The second-order valence-electron chi connectivity index (χ2n) is 6.47. The Kier molecular flexibility index (Phi) is 5.02. The topological polar surface area (TPSA) is 64.7 Å². The lowest BCUT2D eigenvalue weighted by atomic mass is 9.95. The molecule has 1 aliphatic heterocycles. The highest BCUT2D eigenvalue weighted by Gasteiger charge is 2.33. The van der Waals surface area contributed by atoms with Crippen LogP contribution in [0.4, 0.5) is 13.9 Å². The highest BCUT2D eigenvalue weighted by molar-refractivity contribution is 7.71. The molecule has 1 atom stereocenters. The second kappa shape index (κ2) is 7.34. The lowest BCUT2D eigenvalue weighted by Crippen LogP contribution is -2.17. The van der Waals surface area contributed by atoms with E-state index in [2.05, 4.69) is 15.5 Å². The van der Waals surface area contributed by atoms with E-state index in [1.807, 2.05) is 4.57 Å². The Labute approximate surface area is 172 Å². The quantitative estimate of drug-likeness (QED) is 0.493. The highest BCUT2D eigenvalue weighted by Crippen LogP contribution is 2.37. The van der Waals surface area contributed by atoms with Crippen molar-refractivity contribution >= 4 is 46.2 Å². The van der Waals surface area contributed by atoms with Gasteiger partial charge in [-0.1, -0.05) is 22.9 Å². The number of benzene rings is 1. The minimum absolute atomic E-state index is 0.0440. The number of hydrogen-bond acceptors (Lipinski definition) is 5. The lowest BCUT2D eigenvalue weighted by molar-refractivity contribution is -0.115. The van der Waals surface area contributed by atoms with Crippen LogP contribution in [-0.2, 0) is 31.2 Å². The monoisotopic (exact) mass is 441 g/mol. The van der Waals surface area contributed by atoms with E-state index in [0.29, 0.717) is 28.6 Å². The van der Waals surface area contributed by atoms with Crippen molar-refractivity contribution in [3.8, 4) is 0 Å². The van der Waals surface area contributed by atoms with Crippen LogP contribution in [0, 0.1) is 16.4 Å². The van der Waals surface area contributed by atoms with E-state index in [-0.39, 0.29) is 22.9 Å². The Balaban J connectivity index is 1.63. The molecule has 28 heavy (non-hydrogen) atoms. The van der Waals surface area contributed by atoms with E-state index in [1.165, 1.54) is 29.0 Å². The molecule has 4 rings (SSSR count). The van der Waals surface area contributed by atoms with Crippen molar-refractivity contribution in [2.45, 2.75) is 25.3 Å². The van der Waals surface area contributed by atoms with Gasteiger partial charge in [-0.2, -0.15) is 0 Å². The van der Waals surface area contributed by atoms with Gasteiger partial charge in [0.15, 0.2) is 4.77 Å². The fraction of sp³-hybridized carbons (Fsp3) is 0.294. The molecule has 0 spiro atoms. The van der Waals surface area contributed by atoms with E-state index < -0.39 is 17.6 Å². The first-order chi connectivity index (χ1) is 13.4. The molecule has 1 aromatic carbocycles. The molecule has 2 aromatic heterocycles. The van der Waals surface area contributed by atoms with Crippen molar-refractivity contribution in [3.05, 3.63) is 56.0 Å². The highest BCUT2D eigenvalue weighted by atomic mass is 35.5. The van der Waals surface area contributed by atoms with E-state index in [9.17, 15) is 13.6 Å². The summed E-state index contributed by atoms with van der Waals surface area (Å²) in [6, 6.07) is 2.37. The van der Waals surface area contributed by atoms with Gasteiger partial charge in [-0.15, -0.1) is 10.2 Å². The van der Waals surface area contributed by atoms with Crippen molar-refractivity contribution < 1.29 is 13.6 Å². The average molecular weight is 442 g/mol. The fourth-order valence-corrected chi connectivity index (χ4v) is 4.49. The minimum atomic E-state index is -0.747. The number of nitrogens with one attached hydrogen (secondary N) is 1. The zero-order valence-corrected chi connectivity index (χ0v) is 17.0. The molecule has 0 saturated carbocycles. The Morgan fingerprint density at radius 3 is 2.96 bits per heavy atom. The zero-order valence-electron chi connectivity index (χ0n) is 14.6. The summed E-state index contributed by atoms with van der Waals surface area (Å²) >= 11 is 12.5. The largest absolute Gasteiger partial charge is 0.323 e. The Hall–Kier alpha value is -2.17. The molecule has 0 radical (unpaired) electrons. The number of rotatable bonds is 4. The molecule has 1 unspecified atom stereocenters. The summed E-state index contributed by atoms with van der Waals surface area (Å²) in [6.45, 7) is 0.328. The van der Waals surface area contributed by atoms with Gasteiger partial charge in [-0.3, -0.25) is 4.79 Å². The Morgan fingerprint density at radius 1 is 1.46 bits per heavy atom. The number of nitrogens with zero attached hydrogens (tertiary/aromatic N) is 4.